The molecule has 1 atom stereocenters. The first-order valence-electron chi connectivity index (χ1n) is 9.35. The Hall–Kier alpha value is -1.30. The van der Waals surface area contributed by atoms with E-state index in [0.717, 1.165) is 24.4 Å². The molecule has 1 aromatic rings. The fraction of sp³-hybridized carbons (Fsp3) is 0.421. The van der Waals surface area contributed by atoms with Crippen LogP contribution in [0.25, 0.3) is 0 Å². The maximum absolute atomic E-state index is 12.9. The Balaban J connectivity index is 1.90. The van der Waals surface area contributed by atoms with Gasteiger partial charge in [0.05, 0.1) is 23.0 Å². The quantitative estimate of drug-likeness (QED) is 0.271. The zero-order chi connectivity index (χ0) is 21.2. The molecule has 0 aliphatic carbocycles. The van der Waals surface area contributed by atoms with E-state index >= 15 is 0 Å². The second-order valence-corrected chi connectivity index (χ2v) is 10.3. The highest BCUT2D eigenvalue weighted by Gasteiger charge is 2.45. The summed E-state index contributed by atoms with van der Waals surface area (Å²) in [7, 11) is -4.34. The molecule has 158 valence electrons. The zero-order valence-corrected chi connectivity index (χ0v) is 18.8. The fourth-order valence-corrected chi connectivity index (χ4v) is 6.13. The fourth-order valence-electron chi connectivity index (χ4n) is 3.52. The molecule has 1 amide bonds. The minimum Gasteiger partial charge on any atom is -0.370 e. The van der Waals surface area contributed by atoms with Crippen LogP contribution in [0.2, 0.25) is 0 Å². The van der Waals surface area contributed by atoms with Crippen LogP contribution in [0.1, 0.15) is 20.3 Å². The second kappa shape index (κ2) is 8.83. The van der Waals surface area contributed by atoms with Crippen molar-refractivity contribution in [3.63, 3.8) is 0 Å². The van der Waals surface area contributed by atoms with E-state index in [1.54, 1.807) is 12.1 Å². The predicted molar refractivity (Wildman–Crippen MR) is 117 cm³/mol. The Morgan fingerprint density at radius 3 is 2.69 bits per heavy atom. The van der Waals surface area contributed by atoms with Crippen LogP contribution in [-0.4, -0.2) is 49.1 Å². The summed E-state index contributed by atoms with van der Waals surface area (Å²) in [6.07, 6.45) is 2.74. The third-order valence-electron chi connectivity index (χ3n) is 5.13. The SMILES string of the molecule is CCC(C)C1=C(S)C=C(C(=O)Nc2cccc(S(=O)(=O)O)c2)S[N+]12CCOCC2. The Kier molecular flexibility index (Phi) is 6.81. The molecule has 1 saturated heterocycles. The van der Waals surface area contributed by atoms with Crippen LogP contribution in [0.3, 0.4) is 0 Å². The lowest BCUT2D eigenvalue weighted by molar-refractivity contribution is -0.770. The minimum atomic E-state index is -4.34. The van der Waals surface area contributed by atoms with E-state index in [1.165, 1.54) is 35.8 Å². The third-order valence-corrected chi connectivity index (χ3v) is 7.75. The first kappa shape index (κ1) is 22.4. The summed E-state index contributed by atoms with van der Waals surface area (Å²) in [5.41, 5.74) is 1.49. The van der Waals surface area contributed by atoms with E-state index < -0.39 is 10.1 Å². The van der Waals surface area contributed by atoms with Crippen molar-refractivity contribution in [1.82, 2.24) is 0 Å². The van der Waals surface area contributed by atoms with Crippen molar-refractivity contribution in [2.45, 2.75) is 25.2 Å². The minimum absolute atomic E-state index is 0.272. The number of nitrogens with one attached hydrogen (secondary N) is 1. The van der Waals surface area contributed by atoms with E-state index in [0.29, 0.717) is 27.9 Å². The van der Waals surface area contributed by atoms with Gasteiger partial charge in [0, 0.05) is 11.6 Å². The summed E-state index contributed by atoms with van der Waals surface area (Å²) >= 11 is 6.19. The highest BCUT2D eigenvalue weighted by Crippen LogP contribution is 2.47. The van der Waals surface area contributed by atoms with Gasteiger partial charge in [-0.3, -0.25) is 9.35 Å². The van der Waals surface area contributed by atoms with Gasteiger partial charge in [-0.15, -0.1) is 12.6 Å². The highest BCUT2D eigenvalue weighted by molar-refractivity contribution is 7.99. The van der Waals surface area contributed by atoms with E-state index in [2.05, 4.69) is 19.2 Å². The Morgan fingerprint density at radius 1 is 1.38 bits per heavy atom. The van der Waals surface area contributed by atoms with Crippen LogP contribution in [0.5, 0.6) is 0 Å². The van der Waals surface area contributed by atoms with Crippen molar-refractivity contribution in [3.05, 3.63) is 45.8 Å². The molecule has 10 heteroatoms. The maximum atomic E-state index is 12.9. The molecule has 2 heterocycles. The number of anilines is 1. The van der Waals surface area contributed by atoms with Crippen molar-refractivity contribution in [2.24, 2.45) is 5.92 Å². The normalized spacial score (nSPS) is 20.3. The van der Waals surface area contributed by atoms with Gasteiger partial charge in [0.25, 0.3) is 16.0 Å². The van der Waals surface area contributed by atoms with Crippen molar-refractivity contribution in [2.75, 3.05) is 31.6 Å². The molecule has 0 aromatic heterocycles. The number of morpholine rings is 1. The number of ether oxygens (including phenoxy) is 1. The van der Waals surface area contributed by atoms with Crippen LogP contribution in [-0.2, 0) is 19.6 Å². The number of nitrogens with zero attached hydrogens (tertiary/aromatic N) is 1. The molecular formula is C19H25N2O5S3+. The van der Waals surface area contributed by atoms with Gasteiger partial charge in [-0.25, -0.2) is 3.89 Å². The Morgan fingerprint density at radius 2 is 2.07 bits per heavy atom. The van der Waals surface area contributed by atoms with Crippen LogP contribution >= 0.6 is 24.6 Å². The highest BCUT2D eigenvalue weighted by atomic mass is 32.2. The van der Waals surface area contributed by atoms with E-state index in [1.807, 2.05) is 0 Å². The van der Waals surface area contributed by atoms with Crippen LogP contribution in [0.15, 0.2) is 50.7 Å². The molecule has 1 unspecified atom stereocenters. The monoisotopic (exact) mass is 457 g/mol. The van der Waals surface area contributed by atoms with Crippen molar-refractivity contribution in [1.29, 1.82) is 0 Å². The Bertz CT molecular complexity index is 966. The second-order valence-electron chi connectivity index (χ2n) is 7.09. The smallest absolute Gasteiger partial charge is 0.294 e. The molecular weight excluding hydrogens is 432 g/mol. The number of thiol groups is 1. The van der Waals surface area contributed by atoms with Gasteiger partial charge < -0.3 is 10.1 Å². The van der Waals surface area contributed by atoms with Crippen LogP contribution in [0, 0.1) is 5.92 Å². The zero-order valence-electron chi connectivity index (χ0n) is 16.3. The van der Waals surface area contributed by atoms with E-state index in [-0.39, 0.29) is 16.5 Å². The van der Waals surface area contributed by atoms with Crippen LogP contribution < -0.4 is 5.32 Å². The lowest BCUT2D eigenvalue weighted by Gasteiger charge is -2.43. The number of carbonyl (C=O) groups is 1. The number of amides is 1. The average molecular weight is 458 g/mol. The lowest BCUT2D eigenvalue weighted by atomic mass is 10.0. The van der Waals surface area contributed by atoms with Gasteiger partial charge >= 0.3 is 0 Å². The molecule has 1 fully saturated rings. The van der Waals surface area contributed by atoms with Gasteiger partial charge in [0.1, 0.15) is 35.6 Å². The maximum Gasteiger partial charge on any atom is 0.294 e. The molecule has 0 bridgehead atoms. The first-order valence-corrected chi connectivity index (χ1v) is 12.0. The first-order chi connectivity index (χ1) is 13.7. The molecule has 29 heavy (non-hydrogen) atoms. The topological polar surface area (TPSA) is 92.7 Å². The van der Waals surface area contributed by atoms with E-state index in [4.69, 9.17) is 17.4 Å². The molecule has 2 N–H and O–H groups in total. The number of benzene rings is 1. The number of rotatable bonds is 5. The summed E-state index contributed by atoms with van der Waals surface area (Å²) in [6, 6.07) is 5.52. The third kappa shape index (κ3) is 4.89. The van der Waals surface area contributed by atoms with E-state index in [9.17, 15) is 17.8 Å². The Labute approximate surface area is 181 Å². The van der Waals surface area contributed by atoms with Gasteiger partial charge in [0.15, 0.2) is 0 Å². The molecule has 3 rings (SSSR count). The summed E-state index contributed by atoms with van der Waals surface area (Å²) in [4.78, 5) is 14.0. The van der Waals surface area contributed by atoms with Gasteiger partial charge in [-0.1, -0.05) is 19.9 Å². The molecule has 2 aliphatic rings. The molecule has 7 nitrogen and oxygen atoms in total. The van der Waals surface area contributed by atoms with Gasteiger partial charge in [-0.05, 0) is 30.7 Å². The summed E-state index contributed by atoms with van der Waals surface area (Å²) in [5.74, 6) is -0.0263. The van der Waals surface area contributed by atoms with Crippen molar-refractivity contribution in [3.8, 4) is 0 Å². The lowest BCUT2D eigenvalue weighted by Crippen LogP contribution is -2.51. The summed E-state index contributed by atoms with van der Waals surface area (Å²) in [5, 5.41) is 2.72. The number of carbonyl (C=O) groups excluding carboxylic acids is 1. The van der Waals surface area contributed by atoms with Crippen molar-refractivity contribution >= 4 is 46.3 Å². The predicted octanol–water partition coefficient (Wildman–Crippen LogP) is 3.45. The molecule has 0 radical (unpaired) electrons. The summed E-state index contributed by atoms with van der Waals surface area (Å²) < 4.78 is 38.0. The van der Waals surface area contributed by atoms with Gasteiger partial charge in [0.2, 0.25) is 0 Å². The number of quaternary nitrogens is 1. The molecule has 0 saturated carbocycles. The number of hydrogen-bond acceptors (Lipinski definition) is 6. The van der Waals surface area contributed by atoms with Gasteiger partial charge in [-0.2, -0.15) is 8.42 Å². The van der Waals surface area contributed by atoms with Crippen LogP contribution in [0.4, 0.5) is 5.69 Å². The number of allylic oxidation sites excluding steroid dienone is 2. The van der Waals surface area contributed by atoms with Crippen molar-refractivity contribution < 1.29 is 26.4 Å². The standard InChI is InChI=1S/C19H24N2O5S3/c1-3-13(2)18-16(27)12-17(28-21(18)7-9-26-10-8-21)19(22)20-14-5-4-6-15(11-14)29(23,24)25/h4-6,11-13H,3,7-10H2,1-2H3,(H2-,20,22,23,24,25,27)/p+1. The largest absolute Gasteiger partial charge is 0.370 e. The average Bonchev–Trinajstić information content (AvgIpc) is 2.67. The number of hydrogen-bond donors (Lipinski definition) is 3. The molecule has 2 aliphatic heterocycles. The summed E-state index contributed by atoms with van der Waals surface area (Å²) in [6.45, 7) is 7.02. The molecule has 1 aromatic carbocycles. The molecule has 1 spiro atoms.